The summed E-state index contributed by atoms with van der Waals surface area (Å²) in [5, 5.41) is 19.4. The molecule has 0 aliphatic carbocycles. The van der Waals surface area contributed by atoms with E-state index >= 15 is 0 Å². The maximum absolute atomic E-state index is 13.5. The molecule has 0 bridgehead atoms. The van der Waals surface area contributed by atoms with Gasteiger partial charge in [-0.3, -0.25) is 9.69 Å². The molecule has 1 aliphatic heterocycles. The van der Waals surface area contributed by atoms with Crippen molar-refractivity contribution in [1.82, 2.24) is 4.57 Å². The lowest BCUT2D eigenvalue weighted by Crippen LogP contribution is -2.44. The molecule has 0 unspecified atom stereocenters. The second-order valence-electron chi connectivity index (χ2n) is 8.25. The Morgan fingerprint density at radius 3 is 2.39 bits per heavy atom. The van der Waals surface area contributed by atoms with Gasteiger partial charge in [-0.05, 0) is 68.5 Å². The number of hydrogen-bond donors (Lipinski definition) is 1. The van der Waals surface area contributed by atoms with Gasteiger partial charge in [0.15, 0.2) is 5.11 Å². The molecular formula is C23H19F3N4O2S. The third-order valence-electron chi connectivity index (χ3n) is 5.90. The van der Waals surface area contributed by atoms with Gasteiger partial charge in [0, 0.05) is 29.3 Å². The Morgan fingerprint density at radius 2 is 1.79 bits per heavy atom. The zero-order chi connectivity index (χ0) is 24.3. The number of halogens is 3. The van der Waals surface area contributed by atoms with E-state index in [2.05, 4.69) is 0 Å². The summed E-state index contributed by atoms with van der Waals surface area (Å²) < 4.78 is 42.3. The van der Waals surface area contributed by atoms with Crippen LogP contribution >= 0.6 is 12.2 Å². The molecule has 2 heterocycles. The van der Waals surface area contributed by atoms with Crippen molar-refractivity contribution in [2.45, 2.75) is 32.2 Å². The van der Waals surface area contributed by atoms with Gasteiger partial charge in [-0.2, -0.15) is 18.4 Å². The average Bonchev–Trinajstić information content (AvgIpc) is 3.16. The minimum Gasteiger partial charge on any atom is -0.390 e. The van der Waals surface area contributed by atoms with Crippen LogP contribution in [0.15, 0.2) is 42.5 Å². The maximum atomic E-state index is 13.5. The van der Waals surface area contributed by atoms with Gasteiger partial charge >= 0.3 is 6.18 Å². The van der Waals surface area contributed by atoms with E-state index in [1.807, 2.05) is 29.8 Å². The van der Waals surface area contributed by atoms with Crippen molar-refractivity contribution >= 4 is 45.5 Å². The molecule has 0 radical (unpaired) electrons. The zero-order valence-corrected chi connectivity index (χ0v) is 18.8. The van der Waals surface area contributed by atoms with Gasteiger partial charge < -0.3 is 14.6 Å². The lowest BCUT2D eigenvalue weighted by atomic mass is 10.0. The SMILES string of the molecule is Cn1c(CO)cc2cc(N3C(=S)N(c4ccc(C#N)c(C(F)(F)F)c4)C(=O)C3(C)C)ccc21. The first-order valence-corrected chi connectivity index (χ1v) is 10.3. The van der Waals surface area contributed by atoms with E-state index in [0.29, 0.717) is 11.4 Å². The van der Waals surface area contributed by atoms with Crippen LogP contribution in [0.1, 0.15) is 30.7 Å². The summed E-state index contributed by atoms with van der Waals surface area (Å²) in [6.45, 7) is 3.15. The smallest absolute Gasteiger partial charge is 0.390 e. The standard InChI is InChI=1S/C23H19F3N4O2S/c1-22(2)20(32)29(15-5-4-13(11-27)18(10-15)23(24,25)26)21(33)30(22)16-6-7-19-14(8-16)9-17(12-31)28(19)3/h4-10,31H,12H2,1-3H3. The number of thiocarbonyl (C=S) groups is 1. The van der Waals surface area contributed by atoms with Crippen LogP contribution in [0.2, 0.25) is 0 Å². The van der Waals surface area contributed by atoms with Crippen LogP contribution in [-0.2, 0) is 24.6 Å². The molecule has 2 aromatic carbocycles. The number of carbonyl (C=O) groups excluding carboxylic acids is 1. The molecule has 170 valence electrons. The van der Waals surface area contributed by atoms with Crippen LogP contribution in [-0.4, -0.2) is 26.2 Å². The Balaban J connectivity index is 1.82. The van der Waals surface area contributed by atoms with Gasteiger partial charge in [0.05, 0.1) is 29.5 Å². The predicted molar refractivity (Wildman–Crippen MR) is 122 cm³/mol. The van der Waals surface area contributed by atoms with Crippen LogP contribution in [0, 0.1) is 11.3 Å². The number of fused-ring (bicyclic) bond motifs is 1. The number of nitrogens with zero attached hydrogens (tertiary/aromatic N) is 4. The first kappa shape index (κ1) is 22.8. The summed E-state index contributed by atoms with van der Waals surface area (Å²) in [6, 6.07) is 11.9. The van der Waals surface area contributed by atoms with E-state index in [0.717, 1.165) is 27.9 Å². The number of anilines is 2. The zero-order valence-electron chi connectivity index (χ0n) is 17.9. The predicted octanol–water partition coefficient (Wildman–Crippen LogP) is 4.48. The van der Waals surface area contributed by atoms with Crippen LogP contribution in [0.5, 0.6) is 0 Å². The second-order valence-corrected chi connectivity index (χ2v) is 8.62. The molecule has 0 atom stereocenters. The first-order valence-electron chi connectivity index (χ1n) is 9.91. The summed E-state index contributed by atoms with van der Waals surface area (Å²) in [7, 11) is 1.83. The number of aryl methyl sites for hydroxylation is 1. The van der Waals surface area contributed by atoms with Crippen molar-refractivity contribution in [1.29, 1.82) is 5.26 Å². The number of carbonyl (C=O) groups is 1. The molecule has 3 aromatic rings. The minimum absolute atomic E-state index is 0.0282. The van der Waals surface area contributed by atoms with E-state index in [1.165, 1.54) is 12.1 Å². The highest BCUT2D eigenvalue weighted by molar-refractivity contribution is 7.81. The summed E-state index contributed by atoms with van der Waals surface area (Å²) in [5.74, 6) is -0.491. The van der Waals surface area contributed by atoms with E-state index in [4.69, 9.17) is 17.5 Å². The van der Waals surface area contributed by atoms with Crippen molar-refractivity contribution in [2.24, 2.45) is 7.05 Å². The van der Waals surface area contributed by atoms with Crippen molar-refractivity contribution in [3.8, 4) is 6.07 Å². The Labute approximate surface area is 193 Å². The van der Waals surface area contributed by atoms with Gasteiger partial charge in [-0.25, -0.2) is 0 Å². The highest BCUT2D eigenvalue weighted by Gasteiger charge is 2.50. The second kappa shape index (κ2) is 7.57. The molecule has 1 fully saturated rings. The highest BCUT2D eigenvalue weighted by atomic mass is 32.1. The lowest BCUT2D eigenvalue weighted by molar-refractivity contribution is -0.137. The normalized spacial score (nSPS) is 16.1. The third kappa shape index (κ3) is 3.44. The van der Waals surface area contributed by atoms with Gasteiger partial charge in [-0.15, -0.1) is 0 Å². The number of aliphatic hydroxyl groups excluding tert-OH is 1. The number of amides is 1. The van der Waals surface area contributed by atoms with Crippen molar-refractivity contribution in [3.05, 3.63) is 59.3 Å². The molecule has 33 heavy (non-hydrogen) atoms. The van der Waals surface area contributed by atoms with Crippen LogP contribution in [0.3, 0.4) is 0 Å². The first-order chi connectivity index (χ1) is 15.4. The molecule has 1 N–H and O–H groups in total. The monoisotopic (exact) mass is 472 g/mol. The van der Waals surface area contributed by atoms with Gasteiger partial charge in [0.25, 0.3) is 5.91 Å². The van der Waals surface area contributed by atoms with E-state index in [-0.39, 0.29) is 17.4 Å². The Kier molecular flexibility index (Phi) is 5.22. The molecule has 1 aromatic heterocycles. The molecule has 0 saturated carbocycles. The van der Waals surface area contributed by atoms with E-state index in [1.54, 1.807) is 24.8 Å². The van der Waals surface area contributed by atoms with Crippen molar-refractivity contribution in [2.75, 3.05) is 9.80 Å². The Hall–Kier alpha value is -3.42. The number of hydrogen-bond acceptors (Lipinski definition) is 4. The topological polar surface area (TPSA) is 72.5 Å². The maximum Gasteiger partial charge on any atom is 0.417 e. The number of rotatable bonds is 3. The summed E-state index contributed by atoms with van der Waals surface area (Å²) >= 11 is 5.57. The third-order valence-corrected chi connectivity index (χ3v) is 6.27. The average molecular weight is 472 g/mol. The Morgan fingerprint density at radius 1 is 1.12 bits per heavy atom. The van der Waals surface area contributed by atoms with Gasteiger partial charge in [0.2, 0.25) is 0 Å². The number of aliphatic hydroxyl groups is 1. The van der Waals surface area contributed by atoms with Crippen LogP contribution in [0.25, 0.3) is 10.9 Å². The minimum atomic E-state index is -4.76. The quantitative estimate of drug-likeness (QED) is 0.570. The van der Waals surface area contributed by atoms with E-state index < -0.39 is 28.7 Å². The summed E-state index contributed by atoms with van der Waals surface area (Å²) in [6.07, 6.45) is -4.76. The van der Waals surface area contributed by atoms with E-state index in [9.17, 15) is 23.1 Å². The van der Waals surface area contributed by atoms with Crippen LogP contribution < -0.4 is 9.80 Å². The fourth-order valence-electron chi connectivity index (χ4n) is 4.14. The number of nitriles is 1. The highest BCUT2D eigenvalue weighted by Crippen LogP contribution is 2.40. The largest absolute Gasteiger partial charge is 0.417 e. The molecule has 10 heteroatoms. The fourth-order valence-corrected chi connectivity index (χ4v) is 4.67. The molecule has 4 rings (SSSR count). The number of benzene rings is 2. The molecule has 1 saturated heterocycles. The van der Waals surface area contributed by atoms with Crippen molar-refractivity contribution < 1.29 is 23.1 Å². The molecule has 0 spiro atoms. The number of alkyl halides is 3. The van der Waals surface area contributed by atoms with Gasteiger partial charge in [0.1, 0.15) is 5.54 Å². The molecule has 1 amide bonds. The van der Waals surface area contributed by atoms with Crippen LogP contribution in [0.4, 0.5) is 24.5 Å². The van der Waals surface area contributed by atoms with Crippen molar-refractivity contribution in [3.63, 3.8) is 0 Å². The summed E-state index contributed by atoms with van der Waals surface area (Å²) in [4.78, 5) is 16.0. The molecule has 1 aliphatic rings. The molecular weight excluding hydrogens is 453 g/mol. The lowest BCUT2D eigenvalue weighted by Gasteiger charge is -2.29. The van der Waals surface area contributed by atoms with Gasteiger partial charge in [-0.1, -0.05) is 0 Å². The Bertz CT molecular complexity index is 1350. The fraction of sp³-hybridized carbons (Fsp3) is 0.261. The number of aromatic nitrogens is 1. The molecule has 6 nitrogen and oxygen atoms in total. The summed E-state index contributed by atoms with van der Waals surface area (Å²) in [5.41, 5.74) is -0.726.